The highest BCUT2D eigenvalue weighted by Gasteiger charge is 2.74. The van der Waals surface area contributed by atoms with Gasteiger partial charge in [-0.1, -0.05) is 48.0 Å². The van der Waals surface area contributed by atoms with Gasteiger partial charge in [0, 0.05) is 22.5 Å². The number of hydrogen-bond acceptors (Lipinski definition) is 5. The van der Waals surface area contributed by atoms with Gasteiger partial charge in [-0.15, -0.1) is 18.3 Å². The third-order valence-corrected chi connectivity index (χ3v) is 9.87. The highest BCUT2D eigenvalue weighted by atomic mass is 35.5. The fraction of sp³-hybridized carbons (Fsp3) is 0.370. The number of carbonyl (C=O) groups is 3. The van der Waals surface area contributed by atoms with E-state index in [9.17, 15) is 24.6 Å². The second-order valence-electron chi connectivity index (χ2n) is 9.46. The van der Waals surface area contributed by atoms with Crippen molar-refractivity contribution in [2.24, 2.45) is 11.8 Å². The summed E-state index contributed by atoms with van der Waals surface area (Å²) in [6.45, 7) is 3.62. The number of hydrogen-bond donors (Lipinski definition) is 2. The summed E-state index contributed by atoms with van der Waals surface area (Å²) in [6, 6.07) is 14.2. The Balaban J connectivity index is 1.65. The lowest BCUT2D eigenvalue weighted by Crippen LogP contribution is -2.55. The molecule has 2 bridgehead atoms. The van der Waals surface area contributed by atoms with Gasteiger partial charge in [-0.05, 0) is 42.7 Å². The second kappa shape index (κ2) is 9.57. The molecule has 36 heavy (non-hydrogen) atoms. The van der Waals surface area contributed by atoms with E-state index < -0.39 is 41.2 Å². The third-order valence-electron chi connectivity index (χ3n) is 7.67. The van der Waals surface area contributed by atoms with Crippen LogP contribution in [0.2, 0.25) is 5.02 Å². The number of nitrogens with zero attached hydrogens (tertiary/aromatic N) is 2. The largest absolute Gasteiger partial charge is 0.481 e. The standard InChI is InChI=1S/C27H27ClN2O5S/c1-2-14-29(18-10-8-17(28)9-11-18)25(33)23-27-13-12-20(36-27)21(26(34)35)22(27)24(32)30(23)19(15-31)16-6-4-3-5-7-16/h2-11,19-23,31H,1,12-15H2,(H,34,35)/t19-,20+,21-,22+,23?,27?/m1/s1. The minimum atomic E-state index is -1.01. The van der Waals surface area contributed by atoms with Crippen LogP contribution in [0.25, 0.3) is 0 Å². The van der Waals surface area contributed by atoms with Crippen molar-refractivity contribution in [1.29, 1.82) is 0 Å². The number of halogens is 1. The molecule has 2 N–H and O–H groups in total. The Morgan fingerprint density at radius 2 is 1.92 bits per heavy atom. The molecule has 3 heterocycles. The zero-order chi connectivity index (χ0) is 25.6. The van der Waals surface area contributed by atoms with E-state index in [0.29, 0.717) is 29.1 Å². The first-order chi connectivity index (χ1) is 17.3. The molecular weight excluding hydrogens is 500 g/mol. The molecule has 0 radical (unpaired) electrons. The first-order valence-electron chi connectivity index (χ1n) is 11.9. The van der Waals surface area contributed by atoms with Gasteiger partial charge in [-0.3, -0.25) is 14.4 Å². The Morgan fingerprint density at radius 3 is 2.53 bits per heavy atom. The summed E-state index contributed by atoms with van der Waals surface area (Å²) in [5, 5.41) is 20.8. The van der Waals surface area contributed by atoms with Crippen molar-refractivity contribution >= 4 is 46.8 Å². The molecule has 3 saturated heterocycles. The van der Waals surface area contributed by atoms with E-state index in [-0.39, 0.29) is 23.6 Å². The van der Waals surface area contributed by atoms with E-state index >= 15 is 0 Å². The number of carboxylic acids is 1. The SMILES string of the molecule is C=CCN(C(=O)C1N([C@H](CO)c2ccccc2)C(=O)[C@@H]2[C@H](C(=O)O)[C@@H]3CCC12S3)c1ccc(Cl)cc1. The van der Waals surface area contributed by atoms with E-state index in [1.165, 1.54) is 16.7 Å². The molecule has 5 rings (SSSR count). The summed E-state index contributed by atoms with van der Waals surface area (Å²) in [5.41, 5.74) is 1.29. The average Bonchev–Trinajstić information content (AvgIpc) is 3.52. The summed E-state index contributed by atoms with van der Waals surface area (Å²) in [7, 11) is 0. The number of anilines is 1. The Morgan fingerprint density at radius 1 is 1.22 bits per heavy atom. The Kier molecular flexibility index (Phi) is 6.61. The number of carboxylic acid groups (broad SMARTS) is 1. The van der Waals surface area contributed by atoms with Crippen molar-refractivity contribution < 1.29 is 24.6 Å². The number of thioether (sulfide) groups is 1. The molecule has 2 aromatic rings. The zero-order valence-corrected chi connectivity index (χ0v) is 21.1. The van der Waals surface area contributed by atoms with Crippen molar-refractivity contribution in [1.82, 2.24) is 4.90 Å². The average molecular weight is 527 g/mol. The fourth-order valence-corrected chi connectivity index (χ4v) is 8.56. The Bertz CT molecular complexity index is 1190. The van der Waals surface area contributed by atoms with Gasteiger partial charge in [-0.2, -0.15) is 0 Å². The van der Waals surface area contributed by atoms with E-state index in [4.69, 9.17) is 11.6 Å². The van der Waals surface area contributed by atoms with Crippen molar-refractivity contribution in [2.45, 2.75) is 34.9 Å². The van der Waals surface area contributed by atoms with Crippen molar-refractivity contribution in [3.63, 3.8) is 0 Å². The molecule has 3 aliphatic rings. The van der Waals surface area contributed by atoms with Gasteiger partial charge in [0.05, 0.1) is 29.2 Å². The van der Waals surface area contributed by atoms with Crippen LogP contribution in [0.4, 0.5) is 5.69 Å². The molecule has 2 unspecified atom stereocenters. The lowest BCUT2D eigenvalue weighted by Gasteiger charge is -2.39. The molecule has 6 atom stereocenters. The van der Waals surface area contributed by atoms with Crippen molar-refractivity contribution in [3.8, 4) is 0 Å². The number of aliphatic hydroxyl groups is 1. The number of aliphatic carboxylic acids is 1. The summed E-state index contributed by atoms with van der Waals surface area (Å²) in [5.74, 6) is -3.41. The first-order valence-corrected chi connectivity index (χ1v) is 13.2. The smallest absolute Gasteiger partial charge is 0.308 e. The highest BCUT2D eigenvalue weighted by molar-refractivity contribution is 8.02. The Labute approximate surface area is 218 Å². The number of rotatable bonds is 8. The molecule has 9 heteroatoms. The maximum Gasteiger partial charge on any atom is 0.308 e. The van der Waals surface area contributed by atoms with Gasteiger partial charge in [0.1, 0.15) is 6.04 Å². The molecule has 3 fully saturated rings. The van der Waals surface area contributed by atoms with Gasteiger partial charge in [-0.25, -0.2) is 0 Å². The van der Waals surface area contributed by atoms with Crippen LogP contribution in [0.15, 0.2) is 67.3 Å². The van der Waals surface area contributed by atoms with Gasteiger partial charge in [0.2, 0.25) is 5.91 Å². The Hall–Kier alpha value is -2.81. The van der Waals surface area contributed by atoms with Crippen LogP contribution in [0, 0.1) is 11.8 Å². The van der Waals surface area contributed by atoms with E-state index in [1.807, 2.05) is 18.2 Å². The van der Waals surface area contributed by atoms with Gasteiger partial charge >= 0.3 is 5.97 Å². The minimum absolute atomic E-state index is 0.200. The first kappa shape index (κ1) is 24.9. The quantitative estimate of drug-likeness (QED) is 0.508. The topological polar surface area (TPSA) is 98.2 Å². The third kappa shape index (κ3) is 3.74. The summed E-state index contributed by atoms with van der Waals surface area (Å²) in [4.78, 5) is 43.8. The minimum Gasteiger partial charge on any atom is -0.481 e. The van der Waals surface area contributed by atoms with Crippen molar-refractivity contribution in [3.05, 3.63) is 77.8 Å². The number of amides is 2. The number of aliphatic hydroxyl groups excluding tert-OH is 1. The molecule has 2 aromatic carbocycles. The van der Waals surface area contributed by atoms with Crippen LogP contribution in [0.1, 0.15) is 24.4 Å². The maximum atomic E-state index is 14.4. The van der Waals surface area contributed by atoms with Crippen LogP contribution < -0.4 is 4.90 Å². The van der Waals surface area contributed by atoms with Crippen LogP contribution in [0.3, 0.4) is 0 Å². The molecular formula is C27H27ClN2O5S. The van der Waals surface area contributed by atoms with Crippen molar-refractivity contribution in [2.75, 3.05) is 18.1 Å². The van der Waals surface area contributed by atoms with Gasteiger partial charge in [0.25, 0.3) is 5.91 Å². The molecule has 188 valence electrons. The molecule has 1 spiro atoms. The van der Waals surface area contributed by atoms with Crippen LogP contribution in [-0.2, 0) is 14.4 Å². The zero-order valence-electron chi connectivity index (χ0n) is 19.5. The number of likely N-dealkylation sites (tertiary alicyclic amines) is 1. The van der Waals surface area contributed by atoms with Crippen LogP contribution in [0.5, 0.6) is 0 Å². The molecule has 3 aliphatic heterocycles. The lowest BCUT2D eigenvalue weighted by atomic mass is 9.71. The predicted octanol–water partition coefficient (Wildman–Crippen LogP) is 3.77. The summed E-state index contributed by atoms with van der Waals surface area (Å²) >= 11 is 7.54. The molecule has 0 aromatic heterocycles. The molecule has 2 amide bonds. The van der Waals surface area contributed by atoms with Gasteiger partial charge in [0.15, 0.2) is 0 Å². The summed E-state index contributed by atoms with van der Waals surface area (Å²) in [6.07, 6.45) is 2.80. The molecule has 0 saturated carbocycles. The molecule has 7 nitrogen and oxygen atoms in total. The fourth-order valence-electron chi connectivity index (χ4n) is 6.24. The normalized spacial score (nSPS) is 29.2. The van der Waals surface area contributed by atoms with E-state index in [0.717, 1.165) is 0 Å². The lowest BCUT2D eigenvalue weighted by molar-refractivity contribution is -0.149. The van der Waals surface area contributed by atoms with E-state index in [1.54, 1.807) is 47.4 Å². The van der Waals surface area contributed by atoms with Gasteiger partial charge < -0.3 is 20.0 Å². The maximum absolute atomic E-state index is 14.4. The number of benzene rings is 2. The highest BCUT2D eigenvalue weighted by Crippen LogP contribution is 2.67. The summed E-state index contributed by atoms with van der Waals surface area (Å²) < 4.78 is -0.879. The van der Waals surface area contributed by atoms with Crippen LogP contribution in [-0.4, -0.2) is 62.1 Å². The monoisotopic (exact) mass is 526 g/mol. The predicted molar refractivity (Wildman–Crippen MR) is 139 cm³/mol. The number of carbonyl (C=O) groups excluding carboxylic acids is 2. The second-order valence-corrected chi connectivity index (χ2v) is 11.5. The molecule has 0 aliphatic carbocycles. The van der Waals surface area contributed by atoms with Crippen LogP contribution >= 0.6 is 23.4 Å². The van der Waals surface area contributed by atoms with E-state index in [2.05, 4.69) is 6.58 Å². The number of fused-ring (bicyclic) bond motifs is 1.